The van der Waals surface area contributed by atoms with E-state index in [1.165, 1.54) is 0 Å². The summed E-state index contributed by atoms with van der Waals surface area (Å²) in [5, 5.41) is 16.1. The largest absolute Gasteiger partial charge is 0.390 e. The molecular weight excluding hydrogens is 269 g/mol. The van der Waals surface area contributed by atoms with Crippen molar-refractivity contribution in [2.75, 3.05) is 20.0 Å². The Hall–Kier alpha value is 0.0800. The summed E-state index contributed by atoms with van der Waals surface area (Å²) in [6.45, 7) is 0.733. The lowest BCUT2D eigenvalue weighted by molar-refractivity contribution is -0.00916. The molecule has 0 spiro atoms. The number of halogens is 1. The second kappa shape index (κ2) is 6.69. The summed E-state index contributed by atoms with van der Waals surface area (Å²) in [6.07, 6.45) is 2.14. The van der Waals surface area contributed by atoms with Crippen molar-refractivity contribution < 1.29 is 14.2 Å². The predicted octanol–water partition coefficient (Wildman–Crippen LogP) is -0.0830. The van der Waals surface area contributed by atoms with Gasteiger partial charge in [-0.25, -0.2) is 4.39 Å². The van der Waals surface area contributed by atoms with Crippen LogP contribution in [-0.4, -0.2) is 66.8 Å². The number of hydrogen-bond acceptors (Lipinski definition) is 6. The molecule has 0 aromatic rings. The first-order valence-electron chi connectivity index (χ1n) is 6.78. The third-order valence-corrected chi connectivity index (χ3v) is 4.17. The molecule has 0 amide bonds. The molecular formula is C12H24FN3O2S. The van der Waals surface area contributed by atoms with Gasteiger partial charge in [-0.1, -0.05) is 0 Å². The van der Waals surface area contributed by atoms with Crippen molar-refractivity contribution >= 4 is 12.6 Å². The van der Waals surface area contributed by atoms with E-state index in [9.17, 15) is 9.50 Å². The van der Waals surface area contributed by atoms with E-state index in [-0.39, 0.29) is 24.5 Å². The maximum absolute atomic E-state index is 13.2. The van der Waals surface area contributed by atoms with E-state index in [1.807, 2.05) is 7.05 Å². The van der Waals surface area contributed by atoms with Crippen molar-refractivity contribution in [2.24, 2.45) is 0 Å². The Bertz CT molecular complexity index is 300. The van der Waals surface area contributed by atoms with Gasteiger partial charge in [0.1, 0.15) is 18.5 Å². The van der Waals surface area contributed by atoms with Gasteiger partial charge in [0.15, 0.2) is 0 Å². The Kier molecular flexibility index (Phi) is 5.45. The number of fused-ring (bicyclic) bond motifs is 1. The number of alkyl halides is 1. The minimum absolute atomic E-state index is 0.172. The number of nitrogens with zero attached hydrogens (tertiary/aromatic N) is 1. The van der Waals surface area contributed by atoms with Crippen LogP contribution in [0.25, 0.3) is 0 Å². The lowest BCUT2D eigenvalue weighted by Gasteiger charge is -2.40. The van der Waals surface area contributed by atoms with Crippen LogP contribution in [0.2, 0.25) is 0 Å². The van der Waals surface area contributed by atoms with Crippen molar-refractivity contribution in [1.82, 2.24) is 15.5 Å². The molecule has 19 heavy (non-hydrogen) atoms. The Balaban J connectivity index is 0.000000637. The molecule has 1 aliphatic carbocycles. The molecule has 3 rings (SSSR count). The molecule has 2 saturated heterocycles. The van der Waals surface area contributed by atoms with Crippen molar-refractivity contribution in [1.29, 1.82) is 0 Å². The summed E-state index contributed by atoms with van der Waals surface area (Å²) in [4.78, 5) is 2.20. The quantitative estimate of drug-likeness (QED) is 0.424. The van der Waals surface area contributed by atoms with Crippen LogP contribution in [-0.2, 0) is 4.74 Å². The van der Waals surface area contributed by atoms with E-state index in [2.05, 4.69) is 28.2 Å². The number of aliphatic hydroxyl groups is 1. The molecule has 6 atom stereocenters. The van der Waals surface area contributed by atoms with Crippen LogP contribution in [0, 0.1) is 0 Å². The van der Waals surface area contributed by atoms with Gasteiger partial charge in [-0.2, -0.15) is 12.6 Å². The van der Waals surface area contributed by atoms with Crippen LogP contribution in [0.1, 0.15) is 19.3 Å². The number of hydrogen-bond donors (Lipinski definition) is 4. The Labute approximate surface area is 119 Å². The SMILES string of the molecule is CN(C1CCC(F)C(O)C1)C1NCNC2OC21.CS. The fourth-order valence-corrected chi connectivity index (χ4v) is 2.97. The molecule has 2 aliphatic heterocycles. The molecule has 5 nitrogen and oxygen atoms in total. The zero-order chi connectivity index (χ0) is 14.0. The lowest BCUT2D eigenvalue weighted by atomic mass is 9.90. The van der Waals surface area contributed by atoms with Gasteiger partial charge in [0.2, 0.25) is 0 Å². The topological polar surface area (TPSA) is 60.1 Å². The highest BCUT2D eigenvalue weighted by Crippen LogP contribution is 2.31. The molecule has 3 aliphatic rings. The second-order valence-electron chi connectivity index (χ2n) is 5.27. The van der Waals surface area contributed by atoms with E-state index in [1.54, 1.807) is 6.26 Å². The van der Waals surface area contributed by atoms with Crippen LogP contribution in [0.15, 0.2) is 0 Å². The van der Waals surface area contributed by atoms with E-state index in [4.69, 9.17) is 4.74 Å². The summed E-state index contributed by atoms with van der Waals surface area (Å²) < 4.78 is 18.7. The van der Waals surface area contributed by atoms with E-state index in [0.29, 0.717) is 12.8 Å². The van der Waals surface area contributed by atoms with Crippen molar-refractivity contribution in [2.45, 2.75) is 56.1 Å². The van der Waals surface area contributed by atoms with Gasteiger partial charge in [-0.15, -0.1) is 0 Å². The first-order chi connectivity index (χ1) is 9.16. The van der Waals surface area contributed by atoms with Gasteiger partial charge < -0.3 is 9.84 Å². The molecule has 1 saturated carbocycles. The number of ether oxygens (including phenoxy) is 1. The number of aliphatic hydroxyl groups excluding tert-OH is 1. The van der Waals surface area contributed by atoms with Crippen molar-refractivity contribution in [3.05, 3.63) is 0 Å². The third-order valence-electron chi connectivity index (χ3n) is 4.17. The van der Waals surface area contributed by atoms with Gasteiger partial charge >= 0.3 is 0 Å². The zero-order valence-electron chi connectivity index (χ0n) is 11.4. The molecule has 0 aromatic heterocycles. The maximum Gasteiger partial charge on any atom is 0.139 e. The summed E-state index contributed by atoms with van der Waals surface area (Å²) in [6, 6.07) is 0.234. The summed E-state index contributed by atoms with van der Waals surface area (Å²) in [5.41, 5.74) is 0. The Morgan fingerprint density at radius 3 is 2.74 bits per heavy atom. The van der Waals surface area contributed by atoms with Crippen LogP contribution in [0.3, 0.4) is 0 Å². The standard InChI is InChI=1S/C11H20FN3O2.CH4S/c1-15(6-2-3-7(12)8(16)4-6)10-9-11(17-9)14-5-13-10;1-2/h6-11,13-14,16H,2-5H2,1H3;2H,1H3. The van der Waals surface area contributed by atoms with E-state index in [0.717, 1.165) is 13.1 Å². The van der Waals surface area contributed by atoms with Gasteiger partial charge in [-0.3, -0.25) is 15.5 Å². The number of nitrogens with one attached hydrogen (secondary N) is 2. The van der Waals surface area contributed by atoms with Crippen molar-refractivity contribution in [3.8, 4) is 0 Å². The second-order valence-corrected chi connectivity index (χ2v) is 5.27. The molecule has 7 heteroatoms. The van der Waals surface area contributed by atoms with Crippen LogP contribution in [0.5, 0.6) is 0 Å². The number of epoxide rings is 1. The Morgan fingerprint density at radius 2 is 2.05 bits per heavy atom. The van der Waals surface area contributed by atoms with E-state index < -0.39 is 12.3 Å². The molecule has 0 radical (unpaired) electrons. The molecule has 2 heterocycles. The fraction of sp³-hybridized carbons (Fsp3) is 1.00. The summed E-state index contributed by atoms with van der Waals surface area (Å²) in [7, 11) is 2.03. The molecule has 3 fully saturated rings. The van der Waals surface area contributed by atoms with Crippen LogP contribution in [0.4, 0.5) is 4.39 Å². The highest BCUT2D eigenvalue weighted by molar-refractivity contribution is 7.79. The van der Waals surface area contributed by atoms with Gasteiger partial charge in [0, 0.05) is 12.7 Å². The van der Waals surface area contributed by atoms with E-state index >= 15 is 0 Å². The minimum Gasteiger partial charge on any atom is -0.390 e. The maximum atomic E-state index is 13.2. The summed E-state index contributed by atoms with van der Waals surface area (Å²) >= 11 is 3.53. The average Bonchev–Trinajstić information content (AvgIpc) is 3.22. The monoisotopic (exact) mass is 293 g/mol. The first-order valence-corrected chi connectivity index (χ1v) is 7.67. The number of rotatable bonds is 2. The zero-order valence-corrected chi connectivity index (χ0v) is 12.3. The molecule has 112 valence electrons. The highest BCUT2D eigenvalue weighted by Gasteiger charge is 2.50. The van der Waals surface area contributed by atoms with Crippen LogP contribution < -0.4 is 10.6 Å². The lowest BCUT2D eigenvalue weighted by Crippen LogP contribution is -2.59. The number of thiol groups is 1. The smallest absolute Gasteiger partial charge is 0.139 e. The van der Waals surface area contributed by atoms with Gasteiger partial charge in [-0.05, 0) is 32.6 Å². The van der Waals surface area contributed by atoms with Gasteiger partial charge in [0.05, 0.1) is 12.3 Å². The normalized spacial score (nSPS) is 45.2. The fourth-order valence-electron chi connectivity index (χ4n) is 2.97. The average molecular weight is 293 g/mol. The highest BCUT2D eigenvalue weighted by atomic mass is 32.1. The first kappa shape index (κ1) is 15.5. The molecule has 3 N–H and O–H groups in total. The van der Waals surface area contributed by atoms with Crippen molar-refractivity contribution in [3.63, 3.8) is 0 Å². The Morgan fingerprint density at radius 1 is 1.32 bits per heavy atom. The summed E-state index contributed by atoms with van der Waals surface area (Å²) in [5.74, 6) is 0. The third kappa shape index (κ3) is 3.40. The molecule has 0 bridgehead atoms. The minimum atomic E-state index is -1.05. The van der Waals surface area contributed by atoms with Gasteiger partial charge in [0.25, 0.3) is 0 Å². The molecule has 6 unspecified atom stereocenters. The predicted molar refractivity (Wildman–Crippen MR) is 74.8 cm³/mol. The molecule has 0 aromatic carbocycles. The number of likely N-dealkylation sites (N-methyl/N-ethyl adjacent to an activating group) is 1. The van der Waals surface area contributed by atoms with Crippen LogP contribution >= 0.6 is 12.6 Å².